The molecule has 1 fully saturated rings. The maximum Gasteiger partial charge on any atom is 0.223 e. The first-order valence-electron chi connectivity index (χ1n) is 8.18. The monoisotopic (exact) mass is 304 g/mol. The molecule has 3 nitrogen and oxygen atoms in total. The van der Waals surface area contributed by atoms with Crippen molar-refractivity contribution in [1.29, 1.82) is 0 Å². The summed E-state index contributed by atoms with van der Waals surface area (Å²) in [5.74, 6) is 0.247. The quantitative estimate of drug-likeness (QED) is 0.754. The van der Waals surface area contributed by atoms with Crippen LogP contribution in [-0.2, 0) is 4.79 Å². The zero-order chi connectivity index (χ0) is 15.8. The van der Waals surface area contributed by atoms with E-state index >= 15 is 0 Å². The number of H-pyrrole nitrogens is 1. The summed E-state index contributed by atoms with van der Waals surface area (Å²) >= 11 is 0. The van der Waals surface area contributed by atoms with Crippen molar-refractivity contribution in [2.24, 2.45) is 0 Å². The van der Waals surface area contributed by atoms with Gasteiger partial charge in [0.1, 0.15) is 0 Å². The van der Waals surface area contributed by atoms with Gasteiger partial charge in [-0.25, -0.2) is 0 Å². The van der Waals surface area contributed by atoms with Crippen molar-refractivity contribution in [3.05, 3.63) is 71.9 Å². The zero-order valence-corrected chi connectivity index (χ0v) is 13.2. The molecule has 1 aliphatic rings. The van der Waals surface area contributed by atoms with Gasteiger partial charge >= 0.3 is 0 Å². The zero-order valence-electron chi connectivity index (χ0n) is 13.2. The molecule has 116 valence electrons. The van der Waals surface area contributed by atoms with E-state index in [1.54, 1.807) is 0 Å². The summed E-state index contributed by atoms with van der Waals surface area (Å²) in [7, 11) is 0. The molecule has 1 N–H and O–H groups in total. The Balaban J connectivity index is 1.74. The van der Waals surface area contributed by atoms with Gasteiger partial charge in [0.05, 0.1) is 12.1 Å². The highest BCUT2D eigenvalue weighted by atomic mass is 16.2. The van der Waals surface area contributed by atoms with Crippen molar-refractivity contribution in [3.8, 4) is 0 Å². The third kappa shape index (κ3) is 2.33. The number of carbonyl (C=O) groups is 1. The number of fused-ring (bicyclic) bond motifs is 1. The molecule has 1 aliphatic heterocycles. The van der Waals surface area contributed by atoms with Crippen LogP contribution in [0, 0.1) is 0 Å². The Hall–Kier alpha value is -2.55. The average molecular weight is 304 g/mol. The molecular formula is C20H20N2O. The molecule has 2 heterocycles. The molecule has 0 radical (unpaired) electrons. The number of rotatable bonds is 3. The fraction of sp³-hybridized carbons (Fsp3) is 0.250. The van der Waals surface area contributed by atoms with E-state index in [1.165, 1.54) is 16.5 Å². The molecule has 1 saturated heterocycles. The van der Waals surface area contributed by atoms with Gasteiger partial charge in [0, 0.05) is 23.5 Å². The standard InChI is InChI=1S/C20H20N2O/c1-14(15-7-3-2-4-8-15)22-19(11-12-20(22)23)17-13-21-18-10-6-5-9-16(17)18/h2-10,13-14,19,21H,11-12H2,1H3. The second-order valence-corrected chi connectivity index (χ2v) is 6.23. The van der Waals surface area contributed by atoms with E-state index in [-0.39, 0.29) is 18.0 Å². The summed E-state index contributed by atoms with van der Waals surface area (Å²) in [4.78, 5) is 17.9. The van der Waals surface area contributed by atoms with Crippen molar-refractivity contribution < 1.29 is 4.79 Å². The summed E-state index contributed by atoms with van der Waals surface area (Å²) in [5.41, 5.74) is 3.55. The molecule has 1 aromatic heterocycles. The number of benzene rings is 2. The maximum absolute atomic E-state index is 12.5. The number of nitrogens with one attached hydrogen (secondary N) is 1. The number of hydrogen-bond donors (Lipinski definition) is 1. The number of carbonyl (C=O) groups excluding carboxylic acids is 1. The molecule has 3 aromatic rings. The lowest BCUT2D eigenvalue weighted by Gasteiger charge is -2.31. The number of aromatic nitrogens is 1. The van der Waals surface area contributed by atoms with Gasteiger partial charge in [-0.2, -0.15) is 0 Å². The highest BCUT2D eigenvalue weighted by Gasteiger charge is 2.36. The van der Waals surface area contributed by atoms with Gasteiger partial charge in [-0.15, -0.1) is 0 Å². The van der Waals surface area contributed by atoms with Crippen molar-refractivity contribution in [3.63, 3.8) is 0 Å². The number of para-hydroxylation sites is 1. The Kier molecular flexibility index (Phi) is 3.41. The van der Waals surface area contributed by atoms with Crippen LogP contribution in [0.4, 0.5) is 0 Å². The first kappa shape index (κ1) is 14.1. The first-order valence-corrected chi connectivity index (χ1v) is 8.18. The SMILES string of the molecule is CC(c1ccccc1)N1C(=O)CCC1c1c[nH]c2ccccc12. The van der Waals surface area contributed by atoms with Gasteiger partial charge in [0.2, 0.25) is 5.91 Å². The molecule has 0 bridgehead atoms. The summed E-state index contributed by atoms with van der Waals surface area (Å²) in [6, 6.07) is 18.8. The summed E-state index contributed by atoms with van der Waals surface area (Å²) < 4.78 is 0. The minimum Gasteiger partial charge on any atom is -0.361 e. The Bertz CT molecular complexity index is 837. The predicted molar refractivity (Wildman–Crippen MR) is 92.0 cm³/mol. The van der Waals surface area contributed by atoms with Crippen molar-refractivity contribution in [2.75, 3.05) is 0 Å². The fourth-order valence-corrected chi connectivity index (χ4v) is 3.76. The Morgan fingerprint density at radius 1 is 1.09 bits per heavy atom. The topological polar surface area (TPSA) is 36.1 Å². The molecule has 2 unspecified atom stereocenters. The van der Waals surface area contributed by atoms with Gasteiger partial charge in [0.25, 0.3) is 0 Å². The van der Waals surface area contributed by atoms with E-state index in [0.29, 0.717) is 6.42 Å². The fourth-order valence-electron chi connectivity index (χ4n) is 3.76. The minimum atomic E-state index is 0.0878. The van der Waals surface area contributed by atoms with Crippen LogP contribution in [0.5, 0.6) is 0 Å². The molecule has 2 atom stereocenters. The minimum absolute atomic E-state index is 0.0878. The molecule has 3 heteroatoms. The lowest BCUT2D eigenvalue weighted by atomic mass is 10.0. The highest BCUT2D eigenvalue weighted by Crippen LogP contribution is 2.41. The van der Waals surface area contributed by atoms with Crippen molar-refractivity contribution in [1.82, 2.24) is 9.88 Å². The van der Waals surface area contributed by atoms with Gasteiger partial charge in [-0.1, -0.05) is 48.5 Å². The van der Waals surface area contributed by atoms with E-state index in [9.17, 15) is 4.79 Å². The van der Waals surface area contributed by atoms with Crippen molar-refractivity contribution >= 4 is 16.8 Å². The molecule has 4 rings (SSSR count). The largest absolute Gasteiger partial charge is 0.361 e. The number of aromatic amines is 1. The van der Waals surface area contributed by atoms with Crippen LogP contribution in [0.3, 0.4) is 0 Å². The number of nitrogens with zero attached hydrogens (tertiary/aromatic N) is 1. The summed E-state index contributed by atoms with van der Waals surface area (Å²) in [5, 5.41) is 1.22. The van der Waals surface area contributed by atoms with E-state index in [4.69, 9.17) is 0 Å². The van der Waals surface area contributed by atoms with Crippen LogP contribution in [0.15, 0.2) is 60.8 Å². The molecule has 0 aliphatic carbocycles. The van der Waals surface area contributed by atoms with Crippen LogP contribution in [0.1, 0.15) is 43.0 Å². The number of hydrogen-bond acceptors (Lipinski definition) is 1. The molecular weight excluding hydrogens is 284 g/mol. The molecule has 2 aromatic carbocycles. The Labute approximate surface area is 135 Å². The smallest absolute Gasteiger partial charge is 0.223 e. The average Bonchev–Trinajstić information content (AvgIpc) is 3.18. The lowest BCUT2D eigenvalue weighted by Crippen LogP contribution is -2.30. The molecule has 23 heavy (non-hydrogen) atoms. The summed E-state index contributed by atoms with van der Waals surface area (Å²) in [6.07, 6.45) is 3.58. The van der Waals surface area contributed by atoms with Gasteiger partial charge < -0.3 is 9.88 Å². The molecule has 0 saturated carbocycles. The van der Waals surface area contributed by atoms with E-state index in [2.05, 4.69) is 53.3 Å². The Morgan fingerprint density at radius 3 is 2.65 bits per heavy atom. The van der Waals surface area contributed by atoms with Crippen molar-refractivity contribution in [2.45, 2.75) is 31.8 Å². The Morgan fingerprint density at radius 2 is 1.83 bits per heavy atom. The second kappa shape index (κ2) is 5.58. The predicted octanol–water partition coefficient (Wildman–Crippen LogP) is 4.59. The number of amides is 1. The highest BCUT2D eigenvalue weighted by molar-refractivity contribution is 5.86. The van der Waals surface area contributed by atoms with Gasteiger partial charge in [0.15, 0.2) is 0 Å². The second-order valence-electron chi connectivity index (χ2n) is 6.23. The van der Waals surface area contributed by atoms with Crippen LogP contribution in [0.25, 0.3) is 10.9 Å². The molecule has 0 spiro atoms. The third-order valence-electron chi connectivity index (χ3n) is 4.93. The lowest BCUT2D eigenvalue weighted by molar-refractivity contribution is -0.131. The van der Waals surface area contributed by atoms with Gasteiger partial charge in [-0.3, -0.25) is 4.79 Å². The number of likely N-dealkylation sites (tertiary alicyclic amines) is 1. The molecule has 1 amide bonds. The van der Waals surface area contributed by atoms with Crippen LogP contribution >= 0.6 is 0 Å². The van der Waals surface area contributed by atoms with Crippen LogP contribution in [0.2, 0.25) is 0 Å². The maximum atomic E-state index is 12.5. The van der Waals surface area contributed by atoms with Gasteiger partial charge in [-0.05, 0) is 30.5 Å². The normalized spacial score (nSPS) is 19.4. The third-order valence-corrected chi connectivity index (χ3v) is 4.93. The first-order chi connectivity index (χ1) is 11.3. The van der Waals surface area contributed by atoms with Crippen LogP contribution in [-0.4, -0.2) is 15.8 Å². The van der Waals surface area contributed by atoms with E-state index in [1.807, 2.05) is 24.3 Å². The van der Waals surface area contributed by atoms with Crippen LogP contribution < -0.4 is 0 Å². The van der Waals surface area contributed by atoms with E-state index in [0.717, 1.165) is 11.9 Å². The summed E-state index contributed by atoms with van der Waals surface area (Å²) in [6.45, 7) is 2.13. The van der Waals surface area contributed by atoms with E-state index < -0.39 is 0 Å².